The van der Waals surface area contributed by atoms with Gasteiger partial charge in [0.15, 0.2) is 11.6 Å². The van der Waals surface area contributed by atoms with Crippen LogP contribution in [0.4, 0.5) is 5.82 Å². The van der Waals surface area contributed by atoms with E-state index in [1.807, 2.05) is 0 Å². The molecule has 0 spiro atoms. The Morgan fingerprint density at radius 2 is 2.05 bits per heavy atom. The minimum atomic E-state index is -3.95. The van der Waals surface area contributed by atoms with Gasteiger partial charge in [0, 0.05) is 10.7 Å². The number of nitrogens with zero attached hydrogens (tertiary/aromatic N) is 1. The highest BCUT2D eigenvalue weighted by Crippen LogP contribution is 2.35. The van der Waals surface area contributed by atoms with Gasteiger partial charge in [0.05, 0.1) is 4.34 Å². The number of aromatic nitrogens is 1. The Morgan fingerprint density at radius 1 is 1.37 bits per heavy atom. The summed E-state index contributed by atoms with van der Waals surface area (Å²) in [7, 11) is -3.95. The molecule has 0 saturated carbocycles. The molecule has 0 atom stereocenters. The predicted molar refractivity (Wildman–Crippen MR) is 78.7 cm³/mol. The molecule has 0 aliphatic rings. The van der Waals surface area contributed by atoms with Crippen LogP contribution in [0.25, 0.3) is 0 Å². The fourth-order valence-electron chi connectivity index (χ4n) is 1.20. The number of pyridine rings is 1. The molecule has 0 radical (unpaired) electrons. The molecule has 0 unspecified atom stereocenters. The number of anilines is 1. The summed E-state index contributed by atoms with van der Waals surface area (Å²) in [5.74, 6) is -0.503. The molecule has 102 valence electrons. The van der Waals surface area contributed by atoms with Gasteiger partial charge < -0.3 is 5.11 Å². The van der Waals surface area contributed by atoms with Crippen LogP contribution in [-0.2, 0) is 10.0 Å². The first-order valence-electron chi connectivity index (χ1n) is 4.62. The number of halogens is 3. The normalized spacial score (nSPS) is 11.5. The van der Waals surface area contributed by atoms with Gasteiger partial charge in [-0.25, -0.2) is 13.4 Å². The standard InChI is InChI=1S/C9H5BrCl2N2O3S2/c10-4-1-5(15)9(13-3-4)14-19(16,17)6-2-7(11)18-8(6)12/h1-3,15H,(H,13,14). The summed E-state index contributed by atoms with van der Waals surface area (Å²) in [6, 6.07) is 2.54. The summed E-state index contributed by atoms with van der Waals surface area (Å²) in [6.45, 7) is 0. The second kappa shape index (κ2) is 5.45. The van der Waals surface area contributed by atoms with Crippen molar-refractivity contribution >= 4 is 66.3 Å². The van der Waals surface area contributed by atoms with E-state index in [2.05, 4.69) is 25.6 Å². The third-order valence-electron chi connectivity index (χ3n) is 1.98. The van der Waals surface area contributed by atoms with Crippen LogP contribution in [0.5, 0.6) is 5.75 Å². The first kappa shape index (κ1) is 14.9. The summed E-state index contributed by atoms with van der Waals surface area (Å²) in [5, 5.41) is 9.60. The first-order valence-corrected chi connectivity index (χ1v) is 8.46. The number of rotatable bonds is 3. The Balaban J connectivity index is 2.39. The summed E-state index contributed by atoms with van der Waals surface area (Å²) in [6.07, 6.45) is 1.35. The minimum Gasteiger partial charge on any atom is -0.504 e. The smallest absolute Gasteiger partial charge is 0.265 e. The lowest BCUT2D eigenvalue weighted by molar-refractivity contribution is 0.475. The van der Waals surface area contributed by atoms with Crippen molar-refractivity contribution in [3.8, 4) is 5.75 Å². The van der Waals surface area contributed by atoms with Gasteiger partial charge in [0.25, 0.3) is 10.0 Å². The van der Waals surface area contributed by atoms with Crippen molar-refractivity contribution < 1.29 is 13.5 Å². The molecule has 2 N–H and O–H groups in total. The van der Waals surface area contributed by atoms with E-state index in [1.165, 1.54) is 18.3 Å². The Morgan fingerprint density at radius 3 is 2.58 bits per heavy atom. The molecule has 19 heavy (non-hydrogen) atoms. The van der Waals surface area contributed by atoms with Gasteiger partial charge >= 0.3 is 0 Å². The SMILES string of the molecule is O=S(=O)(Nc1ncc(Br)cc1O)c1cc(Cl)sc1Cl. The average Bonchev–Trinajstić information content (AvgIpc) is 2.63. The molecular formula is C9H5BrCl2N2O3S2. The number of thiophene rings is 1. The molecular weight excluding hydrogens is 399 g/mol. The molecule has 0 aliphatic heterocycles. The summed E-state index contributed by atoms with van der Waals surface area (Å²) in [4.78, 5) is 3.61. The Hall–Kier alpha value is -0.540. The maximum absolute atomic E-state index is 12.1. The maximum Gasteiger partial charge on any atom is 0.265 e. The first-order chi connectivity index (χ1) is 8.79. The van der Waals surface area contributed by atoms with Crippen LogP contribution in [0.1, 0.15) is 0 Å². The summed E-state index contributed by atoms with van der Waals surface area (Å²) >= 11 is 15.5. The number of sulfonamides is 1. The zero-order chi connectivity index (χ0) is 14.2. The monoisotopic (exact) mass is 402 g/mol. The zero-order valence-corrected chi connectivity index (χ0v) is 13.6. The fourth-order valence-corrected chi connectivity index (χ4v) is 4.69. The van der Waals surface area contributed by atoms with E-state index >= 15 is 0 Å². The lowest BCUT2D eigenvalue weighted by atomic mass is 10.4. The Bertz CT molecular complexity index is 733. The van der Waals surface area contributed by atoms with Crippen LogP contribution in [-0.4, -0.2) is 18.5 Å². The molecule has 2 rings (SSSR count). The molecule has 2 aromatic heterocycles. The van der Waals surface area contributed by atoms with Gasteiger partial charge in [-0.15, -0.1) is 11.3 Å². The van der Waals surface area contributed by atoms with Crippen molar-refractivity contribution in [1.82, 2.24) is 4.98 Å². The van der Waals surface area contributed by atoms with Crippen LogP contribution in [0.15, 0.2) is 27.7 Å². The van der Waals surface area contributed by atoms with Crippen LogP contribution >= 0.6 is 50.5 Å². The Kier molecular flexibility index (Phi) is 4.26. The van der Waals surface area contributed by atoms with Gasteiger partial charge in [-0.3, -0.25) is 4.72 Å². The molecule has 0 fully saturated rings. The van der Waals surface area contributed by atoms with Gasteiger partial charge in [-0.1, -0.05) is 23.2 Å². The van der Waals surface area contributed by atoms with Crippen LogP contribution in [0.3, 0.4) is 0 Å². The molecule has 2 aromatic rings. The van der Waals surface area contributed by atoms with E-state index in [1.54, 1.807) is 0 Å². The highest BCUT2D eigenvalue weighted by molar-refractivity contribution is 9.10. The van der Waals surface area contributed by atoms with E-state index in [0.29, 0.717) is 4.47 Å². The zero-order valence-electron chi connectivity index (χ0n) is 8.89. The third kappa shape index (κ3) is 3.32. The van der Waals surface area contributed by atoms with Crippen molar-refractivity contribution in [2.24, 2.45) is 0 Å². The van der Waals surface area contributed by atoms with Crippen LogP contribution < -0.4 is 4.72 Å². The quantitative estimate of drug-likeness (QED) is 0.818. The lowest BCUT2D eigenvalue weighted by Gasteiger charge is -2.07. The largest absolute Gasteiger partial charge is 0.504 e. The topological polar surface area (TPSA) is 79.3 Å². The van der Waals surface area contributed by atoms with E-state index in [-0.39, 0.29) is 25.1 Å². The molecule has 0 amide bonds. The molecule has 0 saturated heterocycles. The molecule has 2 heterocycles. The summed E-state index contributed by atoms with van der Waals surface area (Å²) < 4.78 is 27.1. The number of aromatic hydroxyl groups is 1. The van der Waals surface area contributed by atoms with Gasteiger partial charge in [0.2, 0.25) is 0 Å². The minimum absolute atomic E-state index is 0.0362. The molecule has 0 bridgehead atoms. The molecule has 0 aliphatic carbocycles. The van der Waals surface area contributed by atoms with Crippen molar-refractivity contribution in [3.05, 3.63) is 31.5 Å². The lowest BCUT2D eigenvalue weighted by Crippen LogP contribution is -2.13. The maximum atomic E-state index is 12.1. The number of hydrogen-bond acceptors (Lipinski definition) is 5. The van der Waals surface area contributed by atoms with Crippen molar-refractivity contribution in [1.29, 1.82) is 0 Å². The van der Waals surface area contributed by atoms with Crippen LogP contribution in [0.2, 0.25) is 8.67 Å². The summed E-state index contributed by atoms with van der Waals surface area (Å²) in [5.41, 5.74) is 0. The van der Waals surface area contributed by atoms with E-state index in [4.69, 9.17) is 23.2 Å². The van der Waals surface area contributed by atoms with E-state index in [9.17, 15) is 13.5 Å². The van der Waals surface area contributed by atoms with Gasteiger partial charge in [-0.05, 0) is 28.1 Å². The number of hydrogen-bond donors (Lipinski definition) is 2. The highest BCUT2D eigenvalue weighted by atomic mass is 79.9. The second-order valence-electron chi connectivity index (χ2n) is 3.32. The van der Waals surface area contributed by atoms with Crippen molar-refractivity contribution in [3.63, 3.8) is 0 Å². The molecule has 10 heteroatoms. The van der Waals surface area contributed by atoms with Crippen LogP contribution in [0, 0.1) is 0 Å². The average molecular weight is 404 g/mol. The molecule has 0 aromatic carbocycles. The molecule has 5 nitrogen and oxygen atoms in total. The van der Waals surface area contributed by atoms with E-state index in [0.717, 1.165) is 11.3 Å². The van der Waals surface area contributed by atoms with E-state index < -0.39 is 10.0 Å². The Labute approximate surface area is 131 Å². The third-order valence-corrected chi connectivity index (χ3v) is 5.51. The van der Waals surface area contributed by atoms with Crippen molar-refractivity contribution in [2.75, 3.05) is 4.72 Å². The second-order valence-corrected chi connectivity index (χ2v) is 8.17. The van der Waals surface area contributed by atoms with Gasteiger partial charge in [-0.2, -0.15) is 0 Å². The highest BCUT2D eigenvalue weighted by Gasteiger charge is 2.22. The predicted octanol–water partition coefficient (Wildman–Crippen LogP) is 3.72. The fraction of sp³-hybridized carbons (Fsp3) is 0. The number of nitrogens with one attached hydrogen (secondary N) is 1. The van der Waals surface area contributed by atoms with Crippen molar-refractivity contribution in [2.45, 2.75) is 4.90 Å². The van der Waals surface area contributed by atoms with Gasteiger partial charge in [0.1, 0.15) is 9.23 Å².